The average molecular weight is 361 g/mol. The van der Waals surface area contributed by atoms with Crippen LogP contribution in [0, 0.1) is 0 Å². The van der Waals surface area contributed by atoms with Gasteiger partial charge in [-0.15, -0.1) is 11.8 Å². The van der Waals surface area contributed by atoms with Crippen LogP contribution in [0.5, 0.6) is 17.2 Å². The van der Waals surface area contributed by atoms with E-state index >= 15 is 0 Å². The van der Waals surface area contributed by atoms with E-state index in [2.05, 4.69) is 11.4 Å². The van der Waals surface area contributed by atoms with Crippen LogP contribution >= 0.6 is 24.0 Å². The second kappa shape index (κ2) is 7.32. The normalized spacial score (nSPS) is 16.6. The molecule has 1 N–H and O–H groups in total. The summed E-state index contributed by atoms with van der Waals surface area (Å²) in [5, 5.41) is 3.49. The van der Waals surface area contributed by atoms with Crippen molar-refractivity contribution in [3.8, 4) is 17.2 Å². The minimum atomic E-state index is 0.169. The van der Waals surface area contributed by atoms with Gasteiger partial charge in [0.05, 0.1) is 32.0 Å². The third-order valence-corrected chi connectivity index (χ3v) is 5.46. The minimum absolute atomic E-state index is 0.169. The molecule has 2 aromatic carbocycles. The van der Waals surface area contributed by atoms with E-state index in [1.54, 1.807) is 33.1 Å². The van der Waals surface area contributed by atoms with E-state index in [-0.39, 0.29) is 5.25 Å². The van der Waals surface area contributed by atoms with Gasteiger partial charge in [0.25, 0.3) is 0 Å². The highest BCUT2D eigenvalue weighted by molar-refractivity contribution is 7.99. The number of anilines is 1. The number of thiocarbonyl (C=S) groups is 1. The number of methoxy groups -OCH3 is 3. The molecule has 1 aliphatic rings. The van der Waals surface area contributed by atoms with Crippen molar-refractivity contribution in [2.75, 3.05) is 26.6 Å². The van der Waals surface area contributed by atoms with Crippen LogP contribution < -0.4 is 19.5 Å². The third-order valence-electron chi connectivity index (χ3n) is 3.86. The van der Waals surface area contributed by atoms with Crippen molar-refractivity contribution in [3.05, 3.63) is 42.0 Å². The number of para-hydroxylation sites is 1. The fraction of sp³-hybridized carbons (Fsp3) is 0.278. The van der Waals surface area contributed by atoms with Gasteiger partial charge in [0, 0.05) is 16.6 Å². The number of fused-ring (bicyclic) bond motifs is 1. The topological polar surface area (TPSA) is 39.7 Å². The maximum absolute atomic E-state index is 5.51. The van der Waals surface area contributed by atoms with Gasteiger partial charge in [0.2, 0.25) is 5.75 Å². The Hall–Kier alpha value is -1.92. The van der Waals surface area contributed by atoms with Crippen molar-refractivity contribution in [1.29, 1.82) is 0 Å². The van der Waals surface area contributed by atoms with Gasteiger partial charge >= 0.3 is 0 Å². The zero-order valence-corrected chi connectivity index (χ0v) is 15.4. The molecule has 0 radical (unpaired) electrons. The van der Waals surface area contributed by atoms with E-state index in [1.807, 2.05) is 30.3 Å². The SMILES string of the molecule is COc1cc(C2CC(=S)Nc3ccccc3S2)cc(OC)c1OC. The van der Waals surface area contributed by atoms with Crippen LogP contribution in [0.3, 0.4) is 0 Å². The third kappa shape index (κ3) is 3.30. The lowest BCUT2D eigenvalue weighted by molar-refractivity contribution is 0.324. The number of rotatable bonds is 4. The fourth-order valence-electron chi connectivity index (χ4n) is 2.71. The first-order valence-electron chi connectivity index (χ1n) is 7.51. The maximum atomic E-state index is 5.51. The van der Waals surface area contributed by atoms with E-state index in [9.17, 15) is 0 Å². The molecular weight excluding hydrogens is 342 g/mol. The van der Waals surface area contributed by atoms with Crippen molar-refractivity contribution in [3.63, 3.8) is 0 Å². The first-order valence-corrected chi connectivity index (χ1v) is 8.80. The molecule has 6 heteroatoms. The summed E-state index contributed by atoms with van der Waals surface area (Å²) in [6.07, 6.45) is 0.743. The molecule has 0 saturated carbocycles. The second-order valence-electron chi connectivity index (χ2n) is 5.31. The number of thioether (sulfide) groups is 1. The molecule has 0 aliphatic carbocycles. The highest BCUT2D eigenvalue weighted by atomic mass is 32.2. The Morgan fingerprint density at radius 1 is 1.04 bits per heavy atom. The summed E-state index contributed by atoms with van der Waals surface area (Å²) in [7, 11) is 4.86. The number of hydrogen-bond donors (Lipinski definition) is 1. The highest BCUT2D eigenvalue weighted by Crippen LogP contribution is 2.47. The van der Waals surface area contributed by atoms with Crippen LogP contribution in [0.25, 0.3) is 0 Å². The number of hydrogen-bond acceptors (Lipinski definition) is 5. The molecular formula is C18H19NO3S2. The molecule has 0 saturated heterocycles. The number of nitrogens with one attached hydrogen (secondary N) is 1. The Morgan fingerprint density at radius 2 is 1.71 bits per heavy atom. The van der Waals surface area contributed by atoms with Crippen LogP contribution in [-0.2, 0) is 0 Å². The Labute approximate surface area is 151 Å². The Kier molecular flexibility index (Phi) is 5.16. The average Bonchev–Trinajstić information content (AvgIpc) is 2.78. The van der Waals surface area contributed by atoms with Crippen LogP contribution in [0.15, 0.2) is 41.3 Å². The number of benzene rings is 2. The van der Waals surface area contributed by atoms with E-state index < -0.39 is 0 Å². The molecule has 126 valence electrons. The lowest BCUT2D eigenvalue weighted by Gasteiger charge is -2.19. The molecule has 0 fully saturated rings. The smallest absolute Gasteiger partial charge is 0.203 e. The van der Waals surface area contributed by atoms with Gasteiger partial charge in [0.1, 0.15) is 0 Å². The van der Waals surface area contributed by atoms with E-state index in [0.29, 0.717) is 17.2 Å². The molecule has 0 bridgehead atoms. The Morgan fingerprint density at radius 3 is 2.33 bits per heavy atom. The standard InChI is InChI=1S/C18H19NO3S2/c1-20-13-8-11(9-14(21-2)18(13)22-3)16-10-17(23)19-12-6-4-5-7-15(12)24-16/h4-9,16H,10H2,1-3H3,(H,19,23). The lowest BCUT2D eigenvalue weighted by atomic mass is 10.1. The van der Waals surface area contributed by atoms with Gasteiger partial charge in [-0.05, 0) is 29.8 Å². The zero-order valence-electron chi connectivity index (χ0n) is 13.8. The summed E-state index contributed by atoms with van der Waals surface area (Å²) in [4.78, 5) is 2.00. The fourth-order valence-corrected chi connectivity index (χ4v) is 4.32. The molecule has 2 aromatic rings. The lowest BCUT2D eigenvalue weighted by Crippen LogP contribution is -2.10. The van der Waals surface area contributed by atoms with Crippen molar-refractivity contribution in [2.24, 2.45) is 0 Å². The monoisotopic (exact) mass is 361 g/mol. The molecule has 4 nitrogen and oxygen atoms in total. The van der Waals surface area contributed by atoms with Gasteiger partial charge in [-0.1, -0.05) is 24.4 Å². The largest absolute Gasteiger partial charge is 0.493 e. The molecule has 0 spiro atoms. The molecule has 0 aromatic heterocycles. The Bertz CT molecular complexity index is 739. The van der Waals surface area contributed by atoms with Crippen molar-refractivity contribution in [2.45, 2.75) is 16.6 Å². The summed E-state index contributed by atoms with van der Waals surface area (Å²) >= 11 is 7.29. The summed E-state index contributed by atoms with van der Waals surface area (Å²) in [5.41, 5.74) is 2.15. The summed E-state index contributed by atoms with van der Waals surface area (Å²) < 4.78 is 16.4. The van der Waals surface area contributed by atoms with E-state index in [4.69, 9.17) is 26.4 Å². The second-order valence-corrected chi connectivity index (χ2v) is 7.05. The first-order chi connectivity index (χ1) is 11.7. The summed E-state index contributed by atoms with van der Waals surface area (Å²) in [6, 6.07) is 12.2. The molecule has 1 aliphatic heterocycles. The summed E-state index contributed by atoms with van der Waals surface area (Å²) in [5.74, 6) is 1.91. The van der Waals surface area contributed by atoms with E-state index in [0.717, 1.165) is 22.7 Å². The van der Waals surface area contributed by atoms with Gasteiger partial charge in [0.15, 0.2) is 11.5 Å². The molecule has 3 rings (SSSR count). The van der Waals surface area contributed by atoms with Crippen LogP contribution in [0.4, 0.5) is 5.69 Å². The van der Waals surface area contributed by atoms with Gasteiger partial charge in [-0.25, -0.2) is 0 Å². The molecule has 1 heterocycles. The molecule has 24 heavy (non-hydrogen) atoms. The molecule has 0 amide bonds. The van der Waals surface area contributed by atoms with Crippen LogP contribution in [0.1, 0.15) is 17.2 Å². The van der Waals surface area contributed by atoms with Crippen molar-refractivity contribution < 1.29 is 14.2 Å². The highest BCUT2D eigenvalue weighted by Gasteiger charge is 2.24. The van der Waals surface area contributed by atoms with Crippen LogP contribution in [-0.4, -0.2) is 26.3 Å². The predicted molar refractivity (Wildman–Crippen MR) is 102 cm³/mol. The van der Waals surface area contributed by atoms with Gasteiger partial charge in [-0.2, -0.15) is 0 Å². The molecule has 1 unspecified atom stereocenters. The van der Waals surface area contributed by atoms with Gasteiger partial charge in [-0.3, -0.25) is 0 Å². The van der Waals surface area contributed by atoms with Crippen molar-refractivity contribution >= 4 is 34.7 Å². The Balaban J connectivity index is 2.03. The first kappa shape index (κ1) is 16.9. The quantitative estimate of drug-likeness (QED) is 0.797. The predicted octanol–water partition coefficient (Wildman–Crippen LogP) is 4.69. The minimum Gasteiger partial charge on any atom is -0.493 e. The van der Waals surface area contributed by atoms with Crippen molar-refractivity contribution in [1.82, 2.24) is 0 Å². The molecule has 1 atom stereocenters. The van der Waals surface area contributed by atoms with E-state index in [1.165, 1.54) is 4.90 Å². The summed E-state index contributed by atoms with van der Waals surface area (Å²) in [6.45, 7) is 0. The van der Waals surface area contributed by atoms with Crippen LogP contribution in [0.2, 0.25) is 0 Å². The maximum Gasteiger partial charge on any atom is 0.203 e. The van der Waals surface area contributed by atoms with Gasteiger partial charge < -0.3 is 19.5 Å². The zero-order chi connectivity index (χ0) is 17.1. The number of ether oxygens (including phenoxy) is 3.